The number of anilines is 1. The van der Waals surface area contributed by atoms with Crippen molar-refractivity contribution >= 4 is 5.82 Å². The summed E-state index contributed by atoms with van der Waals surface area (Å²) in [5.74, 6) is 1.67. The minimum absolute atomic E-state index is 0.0289. The van der Waals surface area contributed by atoms with E-state index in [2.05, 4.69) is 42.2 Å². The fourth-order valence-electron chi connectivity index (χ4n) is 1.67. The molecule has 1 aromatic heterocycles. The van der Waals surface area contributed by atoms with Gasteiger partial charge in [-0.05, 0) is 27.7 Å². The molecule has 4 heteroatoms. The van der Waals surface area contributed by atoms with Crippen molar-refractivity contribution in [1.29, 1.82) is 0 Å². The van der Waals surface area contributed by atoms with Crippen molar-refractivity contribution in [3.8, 4) is 0 Å². The Hall–Kier alpha value is -1.42. The van der Waals surface area contributed by atoms with Crippen LogP contribution in [0.15, 0.2) is 18.9 Å². The van der Waals surface area contributed by atoms with Crippen LogP contribution in [0, 0.1) is 6.92 Å². The van der Waals surface area contributed by atoms with Gasteiger partial charge in [0.2, 0.25) is 0 Å². The Morgan fingerprint density at radius 1 is 1.47 bits per heavy atom. The summed E-state index contributed by atoms with van der Waals surface area (Å²) in [5, 5.41) is 0. The SMILES string of the molecule is C=CCN(c1nc(C)ncc1CN)C(C)(C)C. The summed E-state index contributed by atoms with van der Waals surface area (Å²) in [5.41, 5.74) is 6.68. The zero-order valence-electron chi connectivity index (χ0n) is 11.2. The highest BCUT2D eigenvalue weighted by Crippen LogP contribution is 2.24. The minimum Gasteiger partial charge on any atom is -0.348 e. The molecule has 0 saturated heterocycles. The molecule has 94 valence electrons. The van der Waals surface area contributed by atoms with E-state index in [9.17, 15) is 0 Å². The first-order valence-corrected chi connectivity index (χ1v) is 5.81. The summed E-state index contributed by atoms with van der Waals surface area (Å²) < 4.78 is 0. The fraction of sp³-hybridized carbons (Fsp3) is 0.538. The number of aryl methyl sites for hydroxylation is 1. The van der Waals surface area contributed by atoms with Gasteiger partial charge in [0.25, 0.3) is 0 Å². The molecule has 0 aromatic carbocycles. The van der Waals surface area contributed by atoms with E-state index in [0.29, 0.717) is 6.54 Å². The molecule has 0 atom stereocenters. The highest BCUT2D eigenvalue weighted by atomic mass is 15.2. The zero-order valence-corrected chi connectivity index (χ0v) is 11.2. The van der Waals surface area contributed by atoms with Gasteiger partial charge in [-0.3, -0.25) is 0 Å². The van der Waals surface area contributed by atoms with Gasteiger partial charge in [-0.15, -0.1) is 6.58 Å². The molecule has 1 heterocycles. The van der Waals surface area contributed by atoms with E-state index in [1.165, 1.54) is 0 Å². The van der Waals surface area contributed by atoms with Crippen LogP contribution < -0.4 is 10.6 Å². The molecule has 0 unspecified atom stereocenters. The number of hydrogen-bond donors (Lipinski definition) is 1. The van der Waals surface area contributed by atoms with Crippen LogP contribution in [0.3, 0.4) is 0 Å². The second-order valence-electron chi connectivity index (χ2n) is 5.04. The molecular weight excluding hydrogens is 212 g/mol. The van der Waals surface area contributed by atoms with E-state index in [1.54, 1.807) is 6.20 Å². The Balaban J connectivity index is 3.25. The largest absolute Gasteiger partial charge is 0.348 e. The van der Waals surface area contributed by atoms with Crippen molar-refractivity contribution < 1.29 is 0 Å². The van der Waals surface area contributed by atoms with Gasteiger partial charge >= 0.3 is 0 Å². The summed E-state index contributed by atoms with van der Waals surface area (Å²) in [6, 6.07) is 0. The number of rotatable bonds is 4. The molecule has 0 radical (unpaired) electrons. The van der Waals surface area contributed by atoms with Gasteiger partial charge in [0.15, 0.2) is 0 Å². The van der Waals surface area contributed by atoms with Crippen molar-refractivity contribution in [2.75, 3.05) is 11.4 Å². The van der Waals surface area contributed by atoms with Crippen LogP contribution in [0.25, 0.3) is 0 Å². The second-order valence-corrected chi connectivity index (χ2v) is 5.04. The molecule has 0 bridgehead atoms. The van der Waals surface area contributed by atoms with Crippen LogP contribution in [0.1, 0.15) is 32.2 Å². The molecule has 0 aliphatic heterocycles. The zero-order chi connectivity index (χ0) is 13.1. The summed E-state index contributed by atoms with van der Waals surface area (Å²) in [6.07, 6.45) is 3.68. The lowest BCUT2D eigenvalue weighted by molar-refractivity contribution is 0.514. The third-order valence-corrected chi connectivity index (χ3v) is 2.56. The second kappa shape index (κ2) is 5.27. The van der Waals surface area contributed by atoms with Crippen molar-refractivity contribution in [2.45, 2.75) is 39.8 Å². The number of nitrogens with two attached hydrogens (primary N) is 1. The average Bonchev–Trinajstić information content (AvgIpc) is 2.24. The Kier molecular flexibility index (Phi) is 4.23. The molecule has 1 aromatic rings. The van der Waals surface area contributed by atoms with E-state index in [0.717, 1.165) is 23.8 Å². The Morgan fingerprint density at radius 2 is 2.12 bits per heavy atom. The predicted molar refractivity (Wildman–Crippen MR) is 72.0 cm³/mol. The van der Waals surface area contributed by atoms with E-state index in [-0.39, 0.29) is 5.54 Å². The third kappa shape index (κ3) is 3.27. The molecule has 0 saturated carbocycles. The topological polar surface area (TPSA) is 55.0 Å². The van der Waals surface area contributed by atoms with Crippen LogP contribution in [0.5, 0.6) is 0 Å². The Labute approximate surface area is 104 Å². The van der Waals surface area contributed by atoms with E-state index in [1.807, 2.05) is 13.0 Å². The van der Waals surface area contributed by atoms with Gasteiger partial charge in [-0.25, -0.2) is 9.97 Å². The number of nitrogens with zero attached hydrogens (tertiary/aromatic N) is 3. The first kappa shape index (κ1) is 13.6. The highest BCUT2D eigenvalue weighted by molar-refractivity contribution is 5.48. The molecule has 0 aliphatic rings. The Morgan fingerprint density at radius 3 is 2.59 bits per heavy atom. The lowest BCUT2D eigenvalue weighted by Crippen LogP contribution is -2.43. The first-order valence-electron chi connectivity index (χ1n) is 5.81. The van der Waals surface area contributed by atoms with Crippen molar-refractivity contribution in [1.82, 2.24) is 9.97 Å². The molecule has 1 rings (SSSR count). The predicted octanol–water partition coefficient (Wildman–Crippen LogP) is 2.03. The lowest BCUT2D eigenvalue weighted by atomic mass is 10.1. The summed E-state index contributed by atoms with van der Waals surface area (Å²) in [6.45, 7) is 13.3. The van der Waals surface area contributed by atoms with Gasteiger partial charge in [0, 0.05) is 30.4 Å². The summed E-state index contributed by atoms with van der Waals surface area (Å²) in [7, 11) is 0. The van der Waals surface area contributed by atoms with Crippen molar-refractivity contribution in [3.05, 3.63) is 30.2 Å². The standard InChI is InChI=1S/C13H22N4/c1-6-7-17(13(3,4)5)12-11(8-14)9-15-10(2)16-12/h6,9H,1,7-8,14H2,2-5H3. The van der Waals surface area contributed by atoms with E-state index in [4.69, 9.17) is 5.73 Å². The maximum atomic E-state index is 5.75. The van der Waals surface area contributed by atoms with E-state index >= 15 is 0 Å². The maximum absolute atomic E-state index is 5.75. The average molecular weight is 234 g/mol. The highest BCUT2D eigenvalue weighted by Gasteiger charge is 2.23. The molecule has 4 nitrogen and oxygen atoms in total. The maximum Gasteiger partial charge on any atom is 0.137 e. The van der Waals surface area contributed by atoms with E-state index < -0.39 is 0 Å². The van der Waals surface area contributed by atoms with Crippen LogP contribution in [-0.2, 0) is 6.54 Å². The molecule has 0 amide bonds. The van der Waals surface area contributed by atoms with Gasteiger partial charge in [0.1, 0.15) is 11.6 Å². The smallest absolute Gasteiger partial charge is 0.137 e. The van der Waals surface area contributed by atoms with Gasteiger partial charge < -0.3 is 10.6 Å². The number of aromatic nitrogens is 2. The van der Waals surface area contributed by atoms with Crippen LogP contribution in [-0.4, -0.2) is 22.1 Å². The van der Waals surface area contributed by atoms with Crippen molar-refractivity contribution in [3.63, 3.8) is 0 Å². The van der Waals surface area contributed by atoms with Crippen LogP contribution in [0.2, 0.25) is 0 Å². The fourth-order valence-corrected chi connectivity index (χ4v) is 1.67. The van der Waals surface area contributed by atoms with Gasteiger partial charge in [0.05, 0.1) is 0 Å². The molecule has 0 spiro atoms. The third-order valence-electron chi connectivity index (χ3n) is 2.56. The molecule has 2 N–H and O–H groups in total. The minimum atomic E-state index is -0.0289. The summed E-state index contributed by atoms with van der Waals surface area (Å²) in [4.78, 5) is 10.9. The number of hydrogen-bond acceptors (Lipinski definition) is 4. The monoisotopic (exact) mass is 234 g/mol. The lowest BCUT2D eigenvalue weighted by Gasteiger charge is -2.37. The van der Waals surface area contributed by atoms with Crippen LogP contribution >= 0.6 is 0 Å². The Bertz CT molecular complexity index is 393. The molecule has 0 aliphatic carbocycles. The first-order chi connectivity index (χ1) is 7.90. The van der Waals surface area contributed by atoms with Crippen LogP contribution in [0.4, 0.5) is 5.82 Å². The molecule has 0 fully saturated rings. The molecule has 17 heavy (non-hydrogen) atoms. The van der Waals surface area contributed by atoms with Crippen molar-refractivity contribution in [2.24, 2.45) is 5.73 Å². The quantitative estimate of drug-likeness (QED) is 0.810. The summed E-state index contributed by atoms with van der Waals surface area (Å²) >= 11 is 0. The van der Waals surface area contributed by atoms with Gasteiger partial charge in [-0.1, -0.05) is 6.08 Å². The molecular formula is C13H22N4. The normalized spacial score (nSPS) is 11.4. The van der Waals surface area contributed by atoms with Gasteiger partial charge in [-0.2, -0.15) is 0 Å².